The van der Waals surface area contributed by atoms with Crippen LogP contribution in [-0.2, 0) is 7.05 Å². The highest BCUT2D eigenvalue weighted by Gasteiger charge is 2.31. The third-order valence-electron chi connectivity index (χ3n) is 3.18. The molecule has 1 aromatic heterocycles. The molecule has 21 heavy (non-hydrogen) atoms. The van der Waals surface area contributed by atoms with Crippen LogP contribution in [-0.4, -0.2) is 26.3 Å². The molecule has 0 bridgehead atoms. The summed E-state index contributed by atoms with van der Waals surface area (Å²) in [6.45, 7) is 1.62. The smallest absolute Gasteiger partial charge is 0.182 e. The Labute approximate surface area is 127 Å². The zero-order valence-corrected chi connectivity index (χ0v) is 12.4. The van der Waals surface area contributed by atoms with E-state index in [-0.39, 0.29) is 0 Å². The Morgan fingerprint density at radius 2 is 2.00 bits per heavy atom. The molecule has 1 atom stereocenters. The molecule has 1 N–H and O–H groups in total. The molecule has 0 unspecified atom stereocenters. The average molecular weight is 302 g/mol. The van der Waals surface area contributed by atoms with Gasteiger partial charge in [-0.3, -0.25) is 4.68 Å². The van der Waals surface area contributed by atoms with Gasteiger partial charge in [0.25, 0.3) is 0 Å². The van der Waals surface area contributed by atoms with Gasteiger partial charge in [0.1, 0.15) is 5.69 Å². The van der Waals surface area contributed by atoms with Gasteiger partial charge < -0.3 is 5.11 Å². The molecule has 2 heterocycles. The number of hydrazone groups is 1. The molecule has 1 aliphatic heterocycles. The van der Waals surface area contributed by atoms with E-state index in [1.165, 1.54) is 5.01 Å². The number of anilines is 1. The molecule has 1 aromatic carbocycles. The Morgan fingerprint density at radius 3 is 2.62 bits per heavy atom. The minimum Gasteiger partial charge on any atom is -0.366 e. The fourth-order valence-electron chi connectivity index (χ4n) is 2.09. The second-order valence-corrected chi connectivity index (χ2v) is 5.42. The summed E-state index contributed by atoms with van der Waals surface area (Å²) in [5.74, 6) is 0. The predicted molar refractivity (Wildman–Crippen MR) is 82.1 cm³/mol. The molecule has 3 rings (SSSR count). The van der Waals surface area contributed by atoms with Gasteiger partial charge in [-0.05, 0) is 25.1 Å². The maximum Gasteiger partial charge on any atom is 0.182 e. The second kappa shape index (κ2) is 5.02. The van der Waals surface area contributed by atoms with Crippen LogP contribution in [0.15, 0.2) is 47.8 Å². The van der Waals surface area contributed by atoms with Gasteiger partial charge >= 0.3 is 0 Å². The van der Waals surface area contributed by atoms with E-state index in [0.29, 0.717) is 16.4 Å². The summed E-state index contributed by atoms with van der Waals surface area (Å²) < 4.78 is 1.65. The second-order valence-electron chi connectivity index (χ2n) is 4.99. The lowest BCUT2D eigenvalue weighted by Crippen LogP contribution is -2.44. The monoisotopic (exact) mass is 301 g/mol. The van der Waals surface area contributed by atoms with E-state index >= 15 is 0 Å². The summed E-state index contributed by atoms with van der Waals surface area (Å²) in [7, 11) is 1.81. The third-order valence-corrected chi connectivity index (χ3v) is 3.43. The molecule has 0 amide bonds. The molecule has 0 saturated carbocycles. The Bertz CT molecular complexity index is 716. The first kappa shape index (κ1) is 13.9. The fraction of sp³-hybridized carbons (Fsp3) is 0.200. The van der Waals surface area contributed by atoms with Crippen LogP contribution in [0.1, 0.15) is 12.5 Å². The SMILES string of the molecule is Cn1cc(N2N=C(c3ccc(Cl)cc3)C=[C][C@]2(C)O)cn1. The van der Waals surface area contributed by atoms with Gasteiger partial charge in [-0.1, -0.05) is 23.7 Å². The van der Waals surface area contributed by atoms with Crippen LogP contribution in [0.5, 0.6) is 0 Å². The molecule has 0 spiro atoms. The van der Waals surface area contributed by atoms with Crippen molar-refractivity contribution in [2.75, 3.05) is 5.01 Å². The molecule has 1 radical (unpaired) electrons. The summed E-state index contributed by atoms with van der Waals surface area (Å²) >= 11 is 5.90. The van der Waals surface area contributed by atoms with Crippen molar-refractivity contribution in [3.05, 3.63) is 59.4 Å². The molecule has 0 aliphatic carbocycles. The number of rotatable bonds is 2. The Kier molecular flexibility index (Phi) is 3.31. The summed E-state index contributed by atoms with van der Waals surface area (Å²) in [5.41, 5.74) is 0.965. The van der Waals surface area contributed by atoms with Crippen molar-refractivity contribution in [3.8, 4) is 0 Å². The number of hydrogen-bond acceptors (Lipinski definition) is 4. The van der Waals surface area contributed by atoms with E-state index < -0.39 is 5.72 Å². The summed E-state index contributed by atoms with van der Waals surface area (Å²) in [6, 6.07) is 7.35. The predicted octanol–water partition coefficient (Wildman–Crippen LogP) is 2.37. The van der Waals surface area contributed by atoms with E-state index in [1.54, 1.807) is 42.2 Å². The van der Waals surface area contributed by atoms with Crippen molar-refractivity contribution in [3.63, 3.8) is 0 Å². The number of aromatic nitrogens is 2. The van der Waals surface area contributed by atoms with Crippen molar-refractivity contribution in [2.24, 2.45) is 12.1 Å². The van der Waals surface area contributed by atoms with E-state index in [0.717, 1.165) is 5.56 Å². The molecular weight excluding hydrogens is 288 g/mol. The minimum atomic E-state index is -1.32. The van der Waals surface area contributed by atoms with Crippen LogP contribution in [0, 0.1) is 6.08 Å². The molecule has 1 aliphatic rings. The lowest BCUT2D eigenvalue weighted by molar-refractivity contribution is 0.0979. The zero-order chi connectivity index (χ0) is 15.0. The van der Waals surface area contributed by atoms with E-state index in [4.69, 9.17) is 11.6 Å². The third kappa shape index (κ3) is 2.70. The first-order valence-electron chi connectivity index (χ1n) is 6.42. The standard InChI is InChI=1S/C15H14ClN4O/c1-15(21)8-7-14(11-3-5-12(16)6-4-11)18-20(15)13-9-17-19(2)10-13/h3-7,9-10,21H,1-2H3/t15-/m0/s1. The van der Waals surface area contributed by atoms with Gasteiger partial charge in [-0.25, -0.2) is 5.01 Å². The van der Waals surface area contributed by atoms with E-state index in [1.807, 2.05) is 19.2 Å². The highest BCUT2D eigenvalue weighted by molar-refractivity contribution is 6.30. The minimum absolute atomic E-state index is 0.666. The van der Waals surface area contributed by atoms with Crippen molar-refractivity contribution in [2.45, 2.75) is 12.6 Å². The lowest BCUT2D eigenvalue weighted by atomic mass is 10.1. The number of benzene rings is 1. The van der Waals surface area contributed by atoms with Crippen LogP contribution in [0.2, 0.25) is 5.02 Å². The fourth-order valence-corrected chi connectivity index (χ4v) is 2.21. The lowest BCUT2D eigenvalue weighted by Gasteiger charge is -2.33. The maximum atomic E-state index is 10.4. The Hall–Kier alpha value is -2.11. The van der Waals surface area contributed by atoms with Crippen LogP contribution >= 0.6 is 11.6 Å². The number of nitrogens with zero attached hydrogens (tertiary/aromatic N) is 4. The van der Waals surface area contributed by atoms with Crippen molar-refractivity contribution < 1.29 is 5.11 Å². The number of allylic oxidation sites excluding steroid dienone is 1. The van der Waals surface area contributed by atoms with Crippen molar-refractivity contribution in [1.29, 1.82) is 0 Å². The number of hydrogen-bond donors (Lipinski definition) is 1. The van der Waals surface area contributed by atoms with Crippen LogP contribution in [0.25, 0.3) is 0 Å². The summed E-state index contributed by atoms with van der Waals surface area (Å²) in [5, 5.41) is 21.2. The molecule has 5 nitrogen and oxygen atoms in total. The van der Waals surface area contributed by atoms with Gasteiger partial charge in [0.2, 0.25) is 0 Å². The van der Waals surface area contributed by atoms with Gasteiger partial charge in [-0.2, -0.15) is 10.2 Å². The van der Waals surface area contributed by atoms with Gasteiger partial charge in [0, 0.05) is 29.9 Å². The average Bonchev–Trinajstić information content (AvgIpc) is 2.86. The maximum absolute atomic E-state index is 10.4. The highest BCUT2D eigenvalue weighted by Crippen LogP contribution is 2.27. The Morgan fingerprint density at radius 1 is 1.29 bits per heavy atom. The molecule has 0 fully saturated rings. The Balaban J connectivity index is 2.01. The first-order chi connectivity index (χ1) is 9.95. The quantitative estimate of drug-likeness (QED) is 0.926. The molecular formula is C15H14ClN4O. The largest absolute Gasteiger partial charge is 0.366 e. The topological polar surface area (TPSA) is 53.7 Å². The van der Waals surface area contributed by atoms with Crippen molar-refractivity contribution >= 4 is 23.0 Å². The number of halogens is 1. The first-order valence-corrected chi connectivity index (χ1v) is 6.80. The molecule has 6 heteroatoms. The number of aliphatic hydroxyl groups is 1. The zero-order valence-electron chi connectivity index (χ0n) is 11.7. The highest BCUT2D eigenvalue weighted by atomic mass is 35.5. The normalized spacial score (nSPS) is 21.5. The summed E-state index contributed by atoms with van der Waals surface area (Å²) in [6.07, 6.45) is 8.04. The van der Waals surface area contributed by atoms with Gasteiger partial charge in [-0.15, -0.1) is 0 Å². The van der Waals surface area contributed by atoms with Gasteiger partial charge in [0.05, 0.1) is 11.9 Å². The van der Waals surface area contributed by atoms with Crippen molar-refractivity contribution in [1.82, 2.24) is 9.78 Å². The van der Waals surface area contributed by atoms with Gasteiger partial charge in [0.15, 0.2) is 5.72 Å². The molecule has 107 valence electrons. The summed E-state index contributed by atoms with van der Waals surface area (Å²) in [4.78, 5) is 0. The van der Waals surface area contributed by atoms with Crippen LogP contribution in [0.4, 0.5) is 5.69 Å². The number of aryl methyl sites for hydroxylation is 1. The molecule has 2 aromatic rings. The van der Waals surface area contributed by atoms with Crippen LogP contribution in [0.3, 0.4) is 0 Å². The van der Waals surface area contributed by atoms with E-state index in [2.05, 4.69) is 16.3 Å². The molecule has 0 saturated heterocycles. The van der Waals surface area contributed by atoms with E-state index in [9.17, 15) is 5.11 Å². The van der Waals surface area contributed by atoms with Crippen LogP contribution < -0.4 is 5.01 Å².